The normalized spacial score (nSPS) is 17.0. The summed E-state index contributed by atoms with van der Waals surface area (Å²) in [5.74, 6) is -0.272. The Hall–Kier alpha value is -2.83. The van der Waals surface area contributed by atoms with Crippen molar-refractivity contribution < 1.29 is 14.3 Å². The van der Waals surface area contributed by atoms with Gasteiger partial charge >= 0.3 is 0 Å². The van der Waals surface area contributed by atoms with Crippen LogP contribution in [-0.4, -0.2) is 34.0 Å². The molecule has 0 aliphatic carbocycles. The smallest absolute Gasteiger partial charge is 0.260 e. The van der Waals surface area contributed by atoms with Crippen LogP contribution < -0.4 is 15.4 Å². The van der Waals surface area contributed by atoms with Crippen LogP contribution in [0.5, 0.6) is 5.75 Å². The highest BCUT2D eigenvalue weighted by molar-refractivity contribution is 5.97. The number of carbonyl (C=O) groups is 2. The first-order valence-corrected chi connectivity index (χ1v) is 6.46. The highest BCUT2D eigenvalue weighted by atomic mass is 16.5. The third kappa shape index (κ3) is 2.58. The van der Waals surface area contributed by atoms with Gasteiger partial charge in [-0.05, 0) is 12.1 Å². The molecule has 1 aliphatic rings. The summed E-state index contributed by atoms with van der Waals surface area (Å²) in [6, 6.07) is 7.07. The number of fused-ring (bicyclic) bond motifs is 1. The van der Waals surface area contributed by atoms with Gasteiger partial charge in [-0.25, -0.2) is 4.98 Å². The molecule has 1 aromatic heterocycles. The maximum absolute atomic E-state index is 12.5. The van der Waals surface area contributed by atoms with Gasteiger partial charge in [0.2, 0.25) is 5.91 Å². The number of hydrogen-bond acceptors (Lipinski definition) is 4. The van der Waals surface area contributed by atoms with Crippen LogP contribution >= 0.6 is 0 Å². The van der Waals surface area contributed by atoms with Gasteiger partial charge in [-0.1, -0.05) is 12.1 Å². The quantitative estimate of drug-likeness (QED) is 0.870. The van der Waals surface area contributed by atoms with Crippen molar-refractivity contribution >= 4 is 17.5 Å². The lowest BCUT2D eigenvalue weighted by Crippen LogP contribution is -2.50. The molecule has 2 amide bonds. The van der Waals surface area contributed by atoms with E-state index in [1.807, 2.05) is 6.07 Å². The minimum Gasteiger partial charge on any atom is -0.477 e. The van der Waals surface area contributed by atoms with Crippen molar-refractivity contribution in [3.63, 3.8) is 0 Å². The van der Waals surface area contributed by atoms with Crippen molar-refractivity contribution in [1.29, 1.82) is 0 Å². The summed E-state index contributed by atoms with van der Waals surface area (Å²) >= 11 is 0. The maximum atomic E-state index is 12.5. The second kappa shape index (κ2) is 5.28. The molecule has 2 heterocycles. The van der Waals surface area contributed by atoms with Crippen LogP contribution in [0.4, 0.5) is 5.69 Å². The second-order valence-corrected chi connectivity index (χ2v) is 4.72. The number of nitrogens with zero attached hydrogens (tertiary/aromatic N) is 3. The fourth-order valence-electron chi connectivity index (χ4n) is 2.24. The molecule has 0 saturated heterocycles. The van der Waals surface area contributed by atoms with E-state index in [0.29, 0.717) is 11.4 Å². The number of benzene rings is 1. The molecular formula is C14H14N4O3. The number of carbonyl (C=O) groups excluding carboxylic acids is 2. The van der Waals surface area contributed by atoms with E-state index in [-0.39, 0.29) is 19.0 Å². The molecule has 0 radical (unpaired) electrons. The molecule has 0 bridgehead atoms. The SMILES string of the molecule is NC(=O)[C@@H]1CN(C(=O)Cn2ccnc2)c2ccccc2O1. The number of amides is 2. The van der Waals surface area contributed by atoms with E-state index in [4.69, 9.17) is 10.5 Å². The number of para-hydroxylation sites is 2. The van der Waals surface area contributed by atoms with Crippen LogP contribution in [-0.2, 0) is 16.1 Å². The molecule has 7 heteroatoms. The van der Waals surface area contributed by atoms with Crippen LogP contribution in [0.2, 0.25) is 0 Å². The first-order valence-electron chi connectivity index (χ1n) is 6.46. The van der Waals surface area contributed by atoms with Crippen molar-refractivity contribution in [3.05, 3.63) is 43.0 Å². The molecule has 2 aromatic rings. The number of primary amides is 1. The fraction of sp³-hybridized carbons (Fsp3) is 0.214. The summed E-state index contributed by atoms with van der Waals surface area (Å²) in [4.78, 5) is 29.3. The van der Waals surface area contributed by atoms with E-state index >= 15 is 0 Å². The molecular weight excluding hydrogens is 272 g/mol. The summed E-state index contributed by atoms with van der Waals surface area (Å²) in [7, 11) is 0. The Morgan fingerprint density at radius 1 is 1.38 bits per heavy atom. The third-order valence-electron chi connectivity index (χ3n) is 3.27. The Morgan fingerprint density at radius 3 is 2.90 bits per heavy atom. The van der Waals surface area contributed by atoms with Crippen molar-refractivity contribution in [1.82, 2.24) is 9.55 Å². The van der Waals surface area contributed by atoms with Crippen LogP contribution in [0.15, 0.2) is 43.0 Å². The van der Waals surface area contributed by atoms with Gasteiger partial charge in [0, 0.05) is 12.4 Å². The first-order chi connectivity index (χ1) is 10.1. The standard InChI is InChI=1S/C14H14N4O3/c15-14(20)12-7-18(10-3-1-2-4-11(10)21-12)13(19)8-17-6-5-16-9-17/h1-6,9,12H,7-8H2,(H2,15,20)/t12-/m0/s1. The number of rotatable bonds is 3. The van der Waals surface area contributed by atoms with E-state index in [1.54, 1.807) is 41.5 Å². The minimum absolute atomic E-state index is 0.111. The van der Waals surface area contributed by atoms with Gasteiger partial charge in [-0.15, -0.1) is 0 Å². The number of hydrogen-bond donors (Lipinski definition) is 1. The Morgan fingerprint density at radius 2 is 2.19 bits per heavy atom. The Bertz CT molecular complexity index is 669. The zero-order chi connectivity index (χ0) is 14.8. The largest absolute Gasteiger partial charge is 0.477 e. The first kappa shape index (κ1) is 13.2. The van der Waals surface area contributed by atoms with Gasteiger partial charge < -0.3 is 19.9 Å². The third-order valence-corrected chi connectivity index (χ3v) is 3.27. The number of imidazole rings is 1. The van der Waals surface area contributed by atoms with Crippen molar-refractivity contribution in [2.24, 2.45) is 5.73 Å². The van der Waals surface area contributed by atoms with Gasteiger partial charge in [-0.3, -0.25) is 9.59 Å². The fourth-order valence-corrected chi connectivity index (χ4v) is 2.24. The number of ether oxygens (including phenoxy) is 1. The Labute approximate surface area is 120 Å². The lowest BCUT2D eigenvalue weighted by Gasteiger charge is -2.33. The van der Waals surface area contributed by atoms with E-state index in [9.17, 15) is 9.59 Å². The zero-order valence-electron chi connectivity index (χ0n) is 11.2. The van der Waals surface area contributed by atoms with Gasteiger partial charge in [0.25, 0.3) is 5.91 Å². The van der Waals surface area contributed by atoms with Crippen LogP contribution in [0.3, 0.4) is 0 Å². The van der Waals surface area contributed by atoms with Crippen molar-refractivity contribution in [2.45, 2.75) is 12.6 Å². The molecule has 1 aliphatic heterocycles. The Kier molecular flexibility index (Phi) is 3.31. The second-order valence-electron chi connectivity index (χ2n) is 4.72. The molecule has 21 heavy (non-hydrogen) atoms. The van der Waals surface area contributed by atoms with Gasteiger partial charge in [0.15, 0.2) is 6.10 Å². The summed E-state index contributed by atoms with van der Waals surface area (Å²) in [6.45, 7) is 0.250. The predicted octanol–water partition coefficient (Wildman–Crippen LogP) is 0.163. The van der Waals surface area contributed by atoms with Crippen molar-refractivity contribution in [3.8, 4) is 5.75 Å². The summed E-state index contributed by atoms with van der Waals surface area (Å²) < 4.78 is 7.19. The maximum Gasteiger partial charge on any atom is 0.260 e. The van der Waals surface area contributed by atoms with Crippen molar-refractivity contribution in [2.75, 3.05) is 11.4 Å². The average Bonchev–Trinajstić information content (AvgIpc) is 2.98. The predicted molar refractivity (Wildman–Crippen MR) is 74.6 cm³/mol. The highest BCUT2D eigenvalue weighted by Gasteiger charge is 2.32. The lowest BCUT2D eigenvalue weighted by molar-refractivity contribution is -0.125. The summed E-state index contributed by atoms with van der Waals surface area (Å²) in [5.41, 5.74) is 5.94. The average molecular weight is 286 g/mol. The molecule has 0 saturated carbocycles. The highest BCUT2D eigenvalue weighted by Crippen LogP contribution is 2.33. The van der Waals surface area contributed by atoms with Crippen LogP contribution in [0.1, 0.15) is 0 Å². The molecule has 0 unspecified atom stereocenters. The summed E-state index contributed by atoms with van der Waals surface area (Å²) in [5, 5.41) is 0. The summed E-state index contributed by atoms with van der Waals surface area (Å²) in [6.07, 6.45) is 4.03. The molecule has 7 nitrogen and oxygen atoms in total. The monoisotopic (exact) mass is 286 g/mol. The number of anilines is 1. The van der Waals surface area contributed by atoms with E-state index < -0.39 is 12.0 Å². The topological polar surface area (TPSA) is 90.5 Å². The van der Waals surface area contributed by atoms with E-state index in [2.05, 4.69) is 4.98 Å². The Balaban J connectivity index is 1.89. The minimum atomic E-state index is -0.841. The van der Waals surface area contributed by atoms with Crippen LogP contribution in [0, 0.1) is 0 Å². The molecule has 1 atom stereocenters. The molecule has 3 rings (SSSR count). The number of nitrogens with two attached hydrogens (primary N) is 1. The molecule has 0 fully saturated rings. The molecule has 0 spiro atoms. The molecule has 2 N–H and O–H groups in total. The van der Waals surface area contributed by atoms with Crippen LogP contribution in [0.25, 0.3) is 0 Å². The number of aromatic nitrogens is 2. The van der Waals surface area contributed by atoms with E-state index in [0.717, 1.165) is 0 Å². The van der Waals surface area contributed by atoms with Gasteiger partial charge in [0.1, 0.15) is 12.3 Å². The lowest BCUT2D eigenvalue weighted by atomic mass is 10.1. The van der Waals surface area contributed by atoms with Gasteiger partial charge in [0.05, 0.1) is 18.6 Å². The van der Waals surface area contributed by atoms with E-state index in [1.165, 1.54) is 4.90 Å². The van der Waals surface area contributed by atoms with Gasteiger partial charge in [-0.2, -0.15) is 0 Å². The molecule has 108 valence electrons. The molecule has 1 aromatic carbocycles. The zero-order valence-corrected chi connectivity index (χ0v) is 11.2.